The fraction of sp³-hybridized carbons (Fsp3) is 0.591. The molecule has 0 radical (unpaired) electrons. The molecule has 0 aliphatic carbocycles. The van der Waals surface area contributed by atoms with E-state index in [1.54, 1.807) is 14.2 Å². The average molecular weight is 403 g/mol. The Labute approximate surface area is 173 Å². The maximum atomic E-state index is 9.61. The van der Waals surface area contributed by atoms with Crippen molar-refractivity contribution in [3.63, 3.8) is 0 Å². The maximum absolute atomic E-state index is 9.61. The lowest BCUT2D eigenvalue weighted by Gasteiger charge is -2.41. The number of hydrogen-bond donors (Lipinski definition) is 1. The van der Waals surface area contributed by atoms with E-state index >= 15 is 0 Å². The Morgan fingerprint density at radius 3 is 2.38 bits per heavy atom. The molecule has 29 heavy (non-hydrogen) atoms. The van der Waals surface area contributed by atoms with Crippen molar-refractivity contribution in [3.05, 3.63) is 41.7 Å². The maximum Gasteiger partial charge on any atom is 0.122 e. The molecule has 2 heterocycles. The molecule has 1 aromatic carbocycles. The Morgan fingerprint density at radius 1 is 1.07 bits per heavy atom. The molecule has 0 bridgehead atoms. The van der Waals surface area contributed by atoms with Crippen molar-refractivity contribution in [1.82, 2.24) is 19.6 Å². The zero-order valence-electron chi connectivity index (χ0n) is 18.0. The molecule has 2 aromatic rings. The predicted molar refractivity (Wildman–Crippen MR) is 113 cm³/mol. The molecule has 1 N–H and O–H groups in total. The van der Waals surface area contributed by atoms with Gasteiger partial charge in [-0.05, 0) is 38.0 Å². The minimum Gasteiger partial charge on any atom is -0.497 e. The summed E-state index contributed by atoms with van der Waals surface area (Å²) in [6.45, 7) is 9.09. The highest BCUT2D eigenvalue weighted by molar-refractivity contribution is 5.38. The van der Waals surface area contributed by atoms with Crippen LogP contribution in [-0.4, -0.2) is 71.2 Å². The Bertz CT molecular complexity index is 755. The number of rotatable bonds is 9. The van der Waals surface area contributed by atoms with Crippen LogP contribution in [0.3, 0.4) is 0 Å². The van der Waals surface area contributed by atoms with Gasteiger partial charge < -0.3 is 14.6 Å². The first-order valence-electron chi connectivity index (χ1n) is 10.3. The van der Waals surface area contributed by atoms with Crippen LogP contribution >= 0.6 is 0 Å². The van der Waals surface area contributed by atoms with Gasteiger partial charge in [0, 0.05) is 69.2 Å². The smallest absolute Gasteiger partial charge is 0.122 e. The molecule has 0 unspecified atom stereocenters. The average Bonchev–Trinajstić information content (AvgIpc) is 3.18. The molecular weight excluding hydrogens is 368 g/mol. The van der Waals surface area contributed by atoms with Crippen molar-refractivity contribution in [2.24, 2.45) is 0 Å². The Balaban J connectivity index is 1.65. The van der Waals surface area contributed by atoms with Crippen molar-refractivity contribution < 1.29 is 14.6 Å². The van der Waals surface area contributed by atoms with Crippen LogP contribution in [0.4, 0.5) is 0 Å². The molecule has 1 aromatic heterocycles. The fourth-order valence-electron chi connectivity index (χ4n) is 3.92. The van der Waals surface area contributed by atoms with E-state index in [4.69, 9.17) is 9.47 Å². The standard InChI is InChI=1S/C22H34N4O3/c1-17(2)26-15-19(12-23-26)13-24-6-7-25(20(16-24)5-8-27)14-18-9-21(28-3)11-22(10-18)29-4/h9-12,15,17,20,27H,5-8,13-14,16H2,1-4H3/t20-/m0/s1. The van der Waals surface area contributed by atoms with Crippen molar-refractivity contribution in [2.75, 3.05) is 40.5 Å². The summed E-state index contributed by atoms with van der Waals surface area (Å²) in [6.07, 6.45) is 4.87. The molecule has 1 atom stereocenters. The van der Waals surface area contributed by atoms with Crippen LogP contribution in [0.2, 0.25) is 0 Å². The number of benzene rings is 1. The van der Waals surface area contributed by atoms with E-state index in [-0.39, 0.29) is 6.61 Å². The summed E-state index contributed by atoms with van der Waals surface area (Å²) < 4.78 is 12.8. The molecule has 0 spiro atoms. The molecule has 1 saturated heterocycles. The minimum absolute atomic E-state index is 0.196. The normalized spacial score (nSPS) is 18.3. The van der Waals surface area contributed by atoms with Crippen LogP contribution in [0.5, 0.6) is 11.5 Å². The second kappa shape index (κ2) is 10.1. The van der Waals surface area contributed by atoms with Gasteiger partial charge in [-0.1, -0.05) is 0 Å². The van der Waals surface area contributed by atoms with Gasteiger partial charge in [-0.15, -0.1) is 0 Å². The topological polar surface area (TPSA) is 63.0 Å². The number of methoxy groups -OCH3 is 2. The molecule has 7 nitrogen and oxygen atoms in total. The molecule has 0 amide bonds. The van der Waals surface area contributed by atoms with E-state index in [2.05, 4.69) is 47.1 Å². The van der Waals surface area contributed by atoms with E-state index in [1.807, 2.05) is 16.9 Å². The molecular formula is C22H34N4O3. The van der Waals surface area contributed by atoms with Gasteiger partial charge in [0.2, 0.25) is 0 Å². The highest BCUT2D eigenvalue weighted by atomic mass is 16.5. The third kappa shape index (κ3) is 5.72. The highest BCUT2D eigenvalue weighted by Gasteiger charge is 2.27. The fourth-order valence-corrected chi connectivity index (χ4v) is 3.92. The van der Waals surface area contributed by atoms with E-state index in [1.165, 1.54) is 5.56 Å². The first-order chi connectivity index (χ1) is 14.0. The minimum atomic E-state index is 0.196. The third-order valence-electron chi connectivity index (χ3n) is 5.54. The lowest BCUT2D eigenvalue weighted by molar-refractivity contribution is 0.0499. The first-order valence-corrected chi connectivity index (χ1v) is 10.3. The van der Waals surface area contributed by atoms with Gasteiger partial charge in [-0.25, -0.2) is 0 Å². The second-order valence-corrected chi connectivity index (χ2v) is 8.01. The molecule has 1 aliphatic rings. The SMILES string of the molecule is COc1cc(CN2CCN(Cc3cnn(C(C)C)c3)C[C@@H]2CCO)cc(OC)c1. The Hall–Kier alpha value is -2.09. The quantitative estimate of drug-likeness (QED) is 0.696. The summed E-state index contributed by atoms with van der Waals surface area (Å²) >= 11 is 0. The van der Waals surface area contributed by atoms with Gasteiger partial charge in [0.1, 0.15) is 11.5 Å². The summed E-state index contributed by atoms with van der Waals surface area (Å²) in [5.74, 6) is 1.61. The van der Waals surface area contributed by atoms with Gasteiger partial charge >= 0.3 is 0 Å². The molecule has 7 heteroatoms. The van der Waals surface area contributed by atoms with Crippen LogP contribution in [-0.2, 0) is 13.1 Å². The van der Waals surface area contributed by atoms with Crippen LogP contribution in [0, 0.1) is 0 Å². The lowest BCUT2D eigenvalue weighted by Crippen LogP contribution is -2.52. The third-order valence-corrected chi connectivity index (χ3v) is 5.54. The zero-order valence-corrected chi connectivity index (χ0v) is 18.0. The van der Waals surface area contributed by atoms with Gasteiger partial charge in [-0.2, -0.15) is 5.10 Å². The number of ether oxygens (including phenoxy) is 2. The second-order valence-electron chi connectivity index (χ2n) is 8.01. The largest absolute Gasteiger partial charge is 0.497 e. The summed E-state index contributed by atoms with van der Waals surface area (Å²) in [4.78, 5) is 4.92. The van der Waals surface area contributed by atoms with Crippen molar-refractivity contribution in [2.45, 2.75) is 45.4 Å². The van der Waals surface area contributed by atoms with E-state index in [0.717, 1.165) is 56.2 Å². The van der Waals surface area contributed by atoms with E-state index in [9.17, 15) is 5.11 Å². The van der Waals surface area contributed by atoms with Crippen LogP contribution in [0.25, 0.3) is 0 Å². The number of aromatic nitrogens is 2. The highest BCUT2D eigenvalue weighted by Crippen LogP contribution is 2.25. The Morgan fingerprint density at radius 2 is 1.79 bits per heavy atom. The zero-order chi connectivity index (χ0) is 20.8. The first kappa shape index (κ1) is 21.6. The van der Waals surface area contributed by atoms with Gasteiger partial charge in [0.25, 0.3) is 0 Å². The summed E-state index contributed by atoms with van der Waals surface area (Å²) in [6, 6.07) is 6.70. The molecule has 160 valence electrons. The van der Waals surface area contributed by atoms with Crippen molar-refractivity contribution >= 4 is 0 Å². The summed E-state index contributed by atoms with van der Waals surface area (Å²) in [7, 11) is 3.35. The van der Waals surface area contributed by atoms with Gasteiger partial charge in [0.05, 0.1) is 20.4 Å². The van der Waals surface area contributed by atoms with Crippen LogP contribution in [0.15, 0.2) is 30.6 Å². The number of hydrogen-bond acceptors (Lipinski definition) is 6. The Kier molecular flexibility index (Phi) is 7.52. The van der Waals surface area contributed by atoms with Crippen molar-refractivity contribution in [3.8, 4) is 11.5 Å². The number of aliphatic hydroxyl groups excluding tert-OH is 1. The lowest BCUT2D eigenvalue weighted by atomic mass is 10.1. The van der Waals surface area contributed by atoms with E-state index in [0.29, 0.717) is 12.1 Å². The van der Waals surface area contributed by atoms with E-state index < -0.39 is 0 Å². The number of aliphatic hydroxyl groups is 1. The molecule has 0 saturated carbocycles. The number of piperazine rings is 1. The predicted octanol–water partition coefficient (Wildman–Crippen LogP) is 2.55. The van der Waals surface area contributed by atoms with Crippen LogP contribution < -0.4 is 9.47 Å². The van der Waals surface area contributed by atoms with Gasteiger partial charge in [-0.3, -0.25) is 14.5 Å². The monoisotopic (exact) mass is 402 g/mol. The number of nitrogens with zero attached hydrogens (tertiary/aromatic N) is 4. The summed E-state index contributed by atoms with van der Waals surface area (Å²) in [5, 5.41) is 14.1. The van der Waals surface area contributed by atoms with Crippen LogP contribution in [0.1, 0.15) is 37.4 Å². The van der Waals surface area contributed by atoms with Crippen molar-refractivity contribution in [1.29, 1.82) is 0 Å². The molecule has 1 fully saturated rings. The molecule has 1 aliphatic heterocycles. The molecule has 3 rings (SSSR count). The summed E-state index contributed by atoms with van der Waals surface area (Å²) in [5.41, 5.74) is 2.41. The van der Waals surface area contributed by atoms with Gasteiger partial charge in [0.15, 0.2) is 0 Å².